The number of hydrogen-bond donors (Lipinski definition) is 0. The Labute approximate surface area is 451 Å². The minimum Gasteiger partial charge on any atom is -0.112 e. The zero-order valence-electron chi connectivity index (χ0n) is 43.8. The third-order valence-corrected chi connectivity index (χ3v) is 35.0. The largest absolute Gasteiger partial charge is 0.112 e. The molecule has 0 radical (unpaired) electrons. The molecule has 1 saturated carbocycles. The van der Waals surface area contributed by atoms with Gasteiger partial charge in [-0.05, 0) is 362 Å². The molecule has 11 aromatic rings. The normalized spacial score (nSPS) is 44.8. The standard InChI is InChI=1S/C77H46S/c1-5-7-8-13(6-2)11-15-14(12(3)4)9-10-16-75(15)78-77-73-67-61-51-39-31-23-19-17-18-21-25(23)33(39)43-37-29(21)30-22(18)26-24-20(17)28-27(19)35-41(31)49-55-45(35)46-36(28)42-32(24)40-34(26)44-38(30)48-47(37)59(53(43)61)69(73)70-60(48)54(44)62-52(40)58-50(42)56(46)64-63(55)71(65(67)57(49)51)76(16,77)72(64)66(58)68(62)74(70)77/h9-10,12-13,19,21,23,25,27,29,35,37,45-48,56,60,64,66,68,70,72,74H,5-8,11H2,1-4H3. The highest BCUT2D eigenvalue weighted by Gasteiger charge is 2.89. The Morgan fingerprint density at radius 3 is 1.21 bits per heavy atom. The van der Waals surface area contributed by atoms with Crippen LogP contribution in [-0.2, 0) is 16.6 Å². The first-order chi connectivity index (χ1) is 38.6. The summed E-state index contributed by atoms with van der Waals surface area (Å²) in [5.41, 5.74) is 50.4. The summed E-state index contributed by atoms with van der Waals surface area (Å²) < 4.78 is 0.0400. The third kappa shape index (κ3) is 2.04. The van der Waals surface area contributed by atoms with Gasteiger partial charge in [0, 0.05) is 10.3 Å². The lowest BCUT2D eigenvalue weighted by atomic mass is 9.39. The summed E-state index contributed by atoms with van der Waals surface area (Å²) in [6.07, 6.45) is 6.69. The molecule has 11 aromatic carbocycles. The molecule has 1 heteroatoms. The predicted octanol–water partition coefficient (Wildman–Crippen LogP) is 18.4. The summed E-state index contributed by atoms with van der Waals surface area (Å²) in [4.78, 5) is 1.87. The molecule has 0 bridgehead atoms. The van der Waals surface area contributed by atoms with E-state index in [0.717, 1.165) is 5.92 Å². The van der Waals surface area contributed by atoms with Gasteiger partial charge in [0.15, 0.2) is 0 Å². The van der Waals surface area contributed by atoms with Gasteiger partial charge in [-0.25, -0.2) is 0 Å². The fourth-order valence-electron chi connectivity index (χ4n) is 33.9. The Hall–Kier alpha value is -5.37. The number of benzene rings is 10. The van der Waals surface area contributed by atoms with E-state index in [9.17, 15) is 0 Å². The fraction of sp³-hybridized carbons (Fsp3) is 0.429. The van der Waals surface area contributed by atoms with Crippen molar-refractivity contribution in [3.8, 4) is 11.1 Å². The molecule has 22 aliphatic carbocycles. The van der Waals surface area contributed by atoms with Crippen LogP contribution < -0.4 is 0 Å². The van der Waals surface area contributed by atoms with Crippen LogP contribution in [0.4, 0.5) is 0 Å². The molecular weight excluding hydrogens is 957 g/mol. The van der Waals surface area contributed by atoms with Crippen LogP contribution in [0.25, 0.3) is 97.3 Å². The van der Waals surface area contributed by atoms with Crippen LogP contribution in [0.3, 0.4) is 0 Å². The maximum Gasteiger partial charge on any atom is 0.0645 e. The summed E-state index contributed by atoms with van der Waals surface area (Å²) in [5.74, 6) is 14.6. The van der Waals surface area contributed by atoms with E-state index >= 15 is 0 Å². The number of rotatable bonds is 7. The molecule has 1 heterocycles. The smallest absolute Gasteiger partial charge is 0.0645 e. The summed E-state index contributed by atoms with van der Waals surface area (Å²) in [7, 11) is 0. The van der Waals surface area contributed by atoms with Crippen molar-refractivity contribution in [2.24, 2.45) is 17.8 Å². The van der Waals surface area contributed by atoms with Crippen molar-refractivity contribution >= 4 is 97.9 Å². The lowest BCUT2D eigenvalue weighted by Crippen LogP contribution is -2.62. The first kappa shape index (κ1) is 34.0. The van der Waals surface area contributed by atoms with Gasteiger partial charge in [0.1, 0.15) is 0 Å². The van der Waals surface area contributed by atoms with E-state index in [1.807, 2.05) is 180 Å². The summed E-state index contributed by atoms with van der Waals surface area (Å²) in [6, 6.07) is 5.82. The van der Waals surface area contributed by atoms with Crippen molar-refractivity contribution in [3.63, 3.8) is 0 Å². The second-order valence-electron chi connectivity index (χ2n) is 32.9. The average molecular weight is 1000 g/mol. The lowest BCUT2D eigenvalue weighted by Gasteiger charge is -2.65. The van der Waals surface area contributed by atoms with E-state index in [1.165, 1.54) is 32.1 Å². The monoisotopic (exact) mass is 1000 g/mol. The van der Waals surface area contributed by atoms with E-state index in [1.54, 1.807) is 5.56 Å². The fourth-order valence-corrected chi connectivity index (χ4v) is 36.2. The van der Waals surface area contributed by atoms with E-state index < -0.39 is 0 Å². The van der Waals surface area contributed by atoms with Gasteiger partial charge in [0.2, 0.25) is 0 Å². The second kappa shape index (κ2) is 8.37. The van der Waals surface area contributed by atoms with Gasteiger partial charge in [-0.1, -0.05) is 65.5 Å². The Morgan fingerprint density at radius 1 is 0.397 bits per heavy atom. The third-order valence-electron chi connectivity index (χ3n) is 33.2. The molecule has 23 atom stereocenters. The molecule has 1 fully saturated rings. The summed E-state index contributed by atoms with van der Waals surface area (Å²) in [6.45, 7) is 10.2. The van der Waals surface area contributed by atoms with E-state index in [2.05, 4.69) is 96.1 Å². The maximum atomic E-state index is 2.98. The van der Waals surface area contributed by atoms with Gasteiger partial charge >= 0.3 is 0 Å². The Kier molecular flexibility index (Phi) is 3.65. The molecule has 2 spiro atoms. The Balaban J connectivity index is 0.929. The van der Waals surface area contributed by atoms with Gasteiger partial charge in [-0.15, -0.1) is 11.8 Å². The van der Waals surface area contributed by atoms with Crippen LogP contribution in [0.2, 0.25) is 0 Å². The van der Waals surface area contributed by atoms with Crippen molar-refractivity contribution < 1.29 is 0 Å². The molecule has 0 N–H and O–H groups in total. The predicted molar refractivity (Wildman–Crippen MR) is 308 cm³/mol. The molecule has 0 amide bonds. The molecule has 0 saturated heterocycles. The van der Waals surface area contributed by atoms with Gasteiger partial charge in [-0.2, -0.15) is 0 Å². The van der Waals surface area contributed by atoms with Crippen LogP contribution in [-0.4, -0.2) is 0 Å². The van der Waals surface area contributed by atoms with Crippen LogP contribution in [0.5, 0.6) is 0 Å². The number of fused-ring (bicyclic) bond motifs is 1. The van der Waals surface area contributed by atoms with Crippen molar-refractivity contribution in [1.82, 2.24) is 0 Å². The van der Waals surface area contributed by atoms with Crippen molar-refractivity contribution in [3.05, 3.63) is 140 Å². The van der Waals surface area contributed by atoms with E-state index in [0.29, 0.717) is 124 Å². The second-order valence-corrected chi connectivity index (χ2v) is 34.1. The molecule has 0 nitrogen and oxygen atoms in total. The van der Waals surface area contributed by atoms with Gasteiger partial charge in [-0.3, -0.25) is 0 Å². The minimum atomic E-state index is 0.00986. The molecule has 23 aliphatic rings. The average Bonchev–Trinajstić information content (AvgIpc) is 1.73. The molecule has 23 unspecified atom stereocenters. The number of hydrogen-bond acceptors (Lipinski definition) is 1. The van der Waals surface area contributed by atoms with Crippen molar-refractivity contribution in [2.45, 2.75) is 187 Å². The first-order valence-electron chi connectivity index (χ1n) is 32.7. The quantitative estimate of drug-likeness (QED) is 0.143. The zero-order valence-corrected chi connectivity index (χ0v) is 44.6. The molecule has 34 rings (SSSR count). The van der Waals surface area contributed by atoms with Crippen LogP contribution in [0, 0.1) is 17.8 Å². The topological polar surface area (TPSA) is 0 Å². The van der Waals surface area contributed by atoms with E-state index in [-0.39, 0.29) is 10.2 Å². The summed E-state index contributed by atoms with van der Waals surface area (Å²) >= 11 is 2.69. The molecule has 0 aromatic heterocycles. The van der Waals surface area contributed by atoms with Crippen molar-refractivity contribution in [2.75, 3.05) is 0 Å². The van der Waals surface area contributed by atoms with Gasteiger partial charge in [0.05, 0.1) is 4.75 Å². The first-order valence-corrected chi connectivity index (χ1v) is 33.5. The van der Waals surface area contributed by atoms with Crippen LogP contribution >= 0.6 is 11.8 Å². The minimum absolute atomic E-state index is 0.00986. The number of unbranched alkanes of at least 4 members (excludes halogenated alkanes) is 1. The molecule has 78 heavy (non-hydrogen) atoms. The maximum absolute atomic E-state index is 2.98. The van der Waals surface area contributed by atoms with Gasteiger partial charge in [0.25, 0.3) is 0 Å². The highest BCUT2D eigenvalue weighted by atomic mass is 32.2. The number of thioether (sulfide) groups is 1. The molecular formula is C77H46S. The lowest BCUT2D eigenvalue weighted by molar-refractivity contribution is 0.0341. The SMILES string of the molecule is CCCCC(CC)Cc1c(C(C)C)ccc2c1SC13c4c5c6c7c8c9c%10c%11c%12c%13c%14c%15c(c%16c%13c%10c7c4-%16)C21C1C%15C2c4c7c%10c%13c%15c%16c%17c%18c%19c%20c%21c%22c%23c(c4c4c%22c%19c%16c%104)C2C%14C%12C%23C%21C%11C9C%20C%18C8C6C%17C%15C5C3C%13C71. The zero-order chi connectivity index (χ0) is 47.6. The highest BCUT2D eigenvalue weighted by molar-refractivity contribution is 8.00. The van der Waals surface area contributed by atoms with Crippen molar-refractivity contribution in [1.29, 1.82) is 0 Å². The molecule has 360 valence electrons. The molecule has 1 aliphatic heterocycles. The van der Waals surface area contributed by atoms with Crippen LogP contribution in [0.15, 0.2) is 17.0 Å². The Morgan fingerprint density at radius 2 is 0.756 bits per heavy atom. The highest BCUT2D eigenvalue weighted by Crippen LogP contribution is 3.01. The van der Waals surface area contributed by atoms with Crippen LogP contribution in [0.1, 0.15) is 294 Å². The summed E-state index contributed by atoms with van der Waals surface area (Å²) in [5, 5.41) is 30.9. The van der Waals surface area contributed by atoms with E-state index in [4.69, 9.17) is 0 Å². The van der Waals surface area contributed by atoms with Gasteiger partial charge < -0.3 is 0 Å². The Bertz CT molecular complexity index is 5700.